The summed E-state index contributed by atoms with van der Waals surface area (Å²) in [5.41, 5.74) is 6.79. The molecule has 0 atom stereocenters. The third-order valence-electron chi connectivity index (χ3n) is 2.48. The highest BCUT2D eigenvalue weighted by Crippen LogP contribution is 2.31. The molecule has 7 nitrogen and oxygen atoms in total. The average molecular weight is 302 g/mol. The van der Waals surface area contributed by atoms with E-state index in [-0.39, 0.29) is 12.3 Å². The quantitative estimate of drug-likeness (QED) is 0.830. The fraction of sp³-hybridized carbons (Fsp3) is 0.300. The van der Waals surface area contributed by atoms with E-state index in [1.54, 1.807) is 18.2 Å². The Hall–Kier alpha value is -1.67. The smallest absolute Gasteiger partial charge is 0.185 e. The van der Waals surface area contributed by atoms with Crippen LogP contribution in [0.2, 0.25) is 5.02 Å². The first-order valence-corrected chi connectivity index (χ1v) is 7.80. The summed E-state index contributed by atoms with van der Waals surface area (Å²) < 4.78 is 23.7. The maximum Gasteiger partial charge on any atom is 0.185 e. The number of nitrogens with two attached hydrogens (primary N) is 1. The molecule has 0 unspecified atom stereocenters. The van der Waals surface area contributed by atoms with Crippen LogP contribution in [-0.2, 0) is 16.4 Å². The number of rotatable bonds is 4. The third-order valence-corrected chi connectivity index (χ3v) is 3.71. The number of aryl methyl sites for hydroxylation is 1. The second-order valence-electron chi connectivity index (χ2n) is 4.06. The van der Waals surface area contributed by atoms with Gasteiger partial charge in [-0.05, 0) is 22.6 Å². The number of nitrogen functional groups attached to an aromatic ring is 1. The minimum Gasteiger partial charge on any atom is -0.398 e. The predicted molar refractivity (Wildman–Crippen MR) is 72.4 cm³/mol. The van der Waals surface area contributed by atoms with Gasteiger partial charge < -0.3 is 5.73 Å². The molecule has 0 aliphatic rings. The molecular weight excluding hydrogens is 290 g/mol. The van der Waals surface area contributed by atoms with Crippen LogP contribution >= 0.6 is 11.6 Å². The van der Waals surface area contributed by atoms with E-state index in [0.717, 1.165) is 6.26 Å². The number of hydrogen-bond donors (Lipinski definition) is 1. The molecule has 1 aromatic heterocycles. The standard InChI is InChI=1S/C10H12ClN5O2S/c1-19(17,18)6-5-16-10(13-14-15-16)9-7(11)3-2-4-8(9)12/h2-4H,5-6,12H2,1H3. The first-order valence-electron chi connectivity index (χ1n) is 5.37. The van der Waals surface area contributed by atoms with Gasteiger partial charge in [0.15, 0.2) is 5.82 Å². The van der Waals surface area contributed by atoms with Gasteiger partial charge in [-0.1, -0.05) is 17.7 Å². The molecule has 0 aliphatic carbocycles. The normalized spacial score (nSPS) is 11.7. The van der Waals surface area contributed by atoms with Crippen molar-refractivity contribution in [2.24, 2.45) is 0 Å². The van der Waals surface area contributed by atoms with Crippen LogP contribution in [0.15, 0.2) is 18.2 Å². The molecule has 2 aromatic rings. The number of tetrazole rings is 1. The van der Waals surface area contributed by atoms with E-state index >= 15 is 0 Å². The van der Waals surface area contributed by atoms with Crippen LogP contribution in [0.5, 0.6) is 0 Å². The predicted octanol–water partition coefficient (Wildman–Crippen LogP) is 0.620. The Morgan fingerprint density at radius 1 is 1.42 bits per heavy atom. The fourth-order valence-corrected chi connectivity index (χ4v) is 2.33. The molecule has 0 spiro atoms. The molecular formula is C10H12ClN5O2S. The second kappa shape index (κ2) is 5.14. The zero-order chi connectivity index (χ0) is 14.0. The largest absolute Gasteiger partial charge is 0.398 e. The summed E-state index contributed by atoms with van der Waals surface area (Å²) in [5.74, 6) is 0.293. The molecule has 0 bridgehead atoms. The maximum absolute atomic E-state index is 11.2. The molecule has 19 heavy (non-hydrogen) atoms. The van der Waals surface area contributed by atoms with Crippen molar-refractivity contribution in [3.05, 3.63) is 23.2 Å². The molecule has 0 amide bonds. The summed E-state index contributed by atoms with van der Waals surface area (Å²) in [6.07, 6.45) is 1.15. The molecule has 0 saturated carbocycles. The Morgan fingerprint density at radius 3 is 2.79 bits per heavy atom. The number of sulfone groups is 1. The summed E-state index contributed by atoms with van der Waals surface area (Å²) in [5, 5.41) is 11.6. The molecule has 0 aliphatic heterocycles. The van der Waals surface area contributed by atoms with Crippen molar-refractivity contribution >= 4 is 27.1 Å². The Bertz CT molecular complexity index is 677. The van der Waals surface area contributed by atoms with Crippen LogP contribution in [0.3, 0.4) is 0 Å². The number of benzene rings is 1. The average Bonchev–Trinajstić information content (AvgIpc) is 2.73. The van der Waals surface area contributed by atoms with Crippen molar-refractivity contribution in [2.45, 2.75) is 6.54 Å². The number of hydrogen-bond acceptors (Lipinski definition) is 6. The SMILES string of the molecule is CS(=O)(=O)CCn1nnnc1-c1c(N)cccc1Cl. The molecule has 2 rings (SSSR count). The van der Waals surface area contributed by atoms with Gasteiger partial charge in [-0.15, -0.1) is 5.10 Å². The fourth-order valence-electron chi connectivity index (χ4n) is 1.56. The highest BCUT2D eigenvalue weighted by atomic mass is 35.5. The van der Waals surface area contributed by atoms with Gasteiger partial charge in [0.25, 0.3) is 0 Å². The van der Waals surface area contributed by atoms with Gasteiger partial charge in [0.05, 0.1) is 22.9 Å². The molecule has 0 fully saturated rings. The monoisotopic (exact) mass is 301 g/mol. The molecule has 102 valence electrons. The molecule has 0 radical (unpaired) electrons. The van der Waals surface area contributed by atoms with Gasteiger partial charge in [-0.2, -0.15) is 0 Å². The van der Waals surface area contributed by atoms with Gasteiger partial charge >= 0.3 is 0 Å². The molecule has 1 aromatic carbocycles. The lowest BCUT2D eigenvalue weighted by Crippen LogP contribution is -2.13. The Balaban J connectivity index is 2.39. The summed E-state index contributed by atoms with van der Waals surface area (Å²) >= 11 is 6.08. The summed E-state index contributed by atoms with van der Waals surface area (Å²) in [7, 11) is -3.10. The molecule has 0 saturated heterocycles. The van der Waals surface area contributed by atoms with E-state index in [1.165, 1.54) is 4.68 Å². The van der Waals surface area contributed by atoms with E-state index < -0.39 is 9.84 Å². The summed E-state index contributed by atoms with van der Waals surface area (Å²) in [4.78, 5) is 0. The number of aromatic nitrogens is 4. The Morgan fingerprint density at radius 2 is 2.16 bits per heavy atom. The molecule has 1 heterocycles. The van der Waals surface area contributed by atoms with Crippen molar-refractivity contribution in [2.75, 3.05) is 17.7 Å². The Labute approximate surface area is 115 Å². The van der Waals surface area contributed by atoms with Gasteiger partial charge in [0, 0.05) is 11.9 Å². The highest BCUT2D eigenvalue weighted by molar-refractivity contribution is 7.90. The Kier molecular flexibility index (Phi) is 3.72. The van der Waals surface area contributed by atoms with E-state index in [1.807, 2.05) is 0 Å². The second-order valence-corrected chi connectivity index (χ2v) is 6.73. The van der Waals surface area contributed by atoms with Crippen LogP contribution in [0.4, 0.5) is 5.69 Å². The number of nitrogens with zero attached hydrogens (tertiary/aromatic N) is 4. The highest BCUT2D eigenvalue weighted by Gasteiger charge is 2.16. The van der Waals surface area contributed by atoms with Crippen LogP contribution in [0, 0.1) is 0 Å². The van der Waals surface area contributed by atoms with E-state index in [4.69, 9.17) is 17.3 Å². The van der Waals surface area contributed by atoms with Crippen molar-refractivity contribution in [1.29, 1.82) is 0 Å². The minimum absolute atomic E-state index is 0.0601. The maximum atomic E-state index is 11.2. The van der Waals surface area contributed by atoms with Crippen LogP contribution in [0.1, 0.15) is 0 Å². The first-order chi connectivity index (χ1) is 8.88. The third kappa shape index (κ3) is 3.21. The van der Waals surface area contributed by atoms with Crippen LogP contribution in [-0.4, -0.2) is 40.6 Å². The summed E-state index contributed by atoms with van der Waals surface area (Å²) in [6.45, 7) is 0.145. The lowest BCUT2D eigenvalue weighted by Gasteiger charge is -2.08. The molecule has 2 N–H and O–H groups in total. The first kappa shape index (κ1) is 13.8. The van der Waals surface area contributed by atoms with Gasteiger partial charge in [0.1, 0.15) is 9.84 Å². The van der Waals surface area contributed by atoms with E-state index in [9.17, 15) is 8.42 Å². The van der Waals surface area contributed by atoms with E-state index in [0.29, 0.717) is 22.1 Å². The lowest BCUT2D eigenvalue weighted by atomic mass is 10.1. The zero-order valence-electron chi connectivity index (χ0n) is 10.1. The van der Waals surface area contributed by atoms with E-state index in [2.05, 4.69) is 15.5 Å². The van der Waals surface area contributed by atoms with Crippen LogP contribution in [0.25, 0.3) is 11.4 Å². The van der Waals surface area contributed by atoms with Crippen molar-refractivity contribution in [3.63, 3.8) is 0 Å². The number of anilines is 1. The van der Waals surface area contributed by atoms with Crippen LogP contribution < -0.4 is 5.73 Å². The van der Waals surface area contributed by atoms with Gasteiger partial charge in [-0.3, -0.25) is 0 Å². The minimum atomic E-state index is -3.10. The zero-order valence-corrected chi connectivity index (χ0v) is 11.7. The summed E-state index contributed by atoms with van der Waals surface area (Å²) in [6, 6.07) is 5.06. The van der Waals surface area contributed by atoms with Gasteiger partial charge in [-0.25, -0.2) is 13.1 Å². The van der Waals surface area contributed by atoms with Crippen molar-refractivity contribution in [3.8, 4) is 11.4 Å². The topological polar surface area (TPSA) is 104 Å². The lowest BCUT2D eigenvalue weighted by molar-refractivity contribution is 0.581. The van der Waals surface area contributed by atoms with Crippen molar-refractivity contribution in [1.82, 2.24) is 20.2 Å². The van der Waals surface area contributed by atoms with Gasteiger partial charge in [0.2, 0.25) is 0 Å². The van der Waals surface area contributed by atoms with Crippen molar-refractivity contribution < 1.29 is 8.42 Å². The number of halogens is 1. The molecule has 9 heteroatoms.